The molecular weight excluding hydrogens is 325 g/mol. The second-order valence-electron chi connectivity index (χ2n) is 5.42. The predicted octanol–water partition coefficient (Wildman–Crippen LogP) is 5.07. The van der Waals surface area contributed by atoms with E-state index in [0.717, 1.165) is 22.3 Å². The van der Waals surface area contributed by atoms with Crippen LogP contribution in [0, 0.1) is 0 Å². The van der Waals surface area contributed by atoms with E-state index < -0.39 is 0 Å². The summed E-state index contributed by atoms with van der Waals surface area (Å²) in [7, 11) is 2.06. The zero-order valence-corrected chi connectivity index (χ0v) is 14.2. The Morgan fingerprint density at radius 2 is 1.95 bits per heavy atom. The number of hydrogen-bond donors (Lipinski definition) is 0. The number of halogens is 2. The first-order valence-corrected chi connectivity index (χ1v) is 8.85. The van der Waals surface area contributed by atoms with Crippen molar-refractivity contribution in [3.8, 4) is 0 Å². The first-order chi connectivity index (χ1) is 10.1. The van der Waals surface area contributed by atoms with Crippen LogP contribution in [0.25, 0.3) is 0 Å². The van der Waals surface area contributed by atoms with Gasteiger partial charge < -0.3 is 4.57 Å². The second kappa shape index (κ2) is 6.59. The maximum atomic E-state index is 6.04. The SMILES string of the molecule is Cn1c(SCc2ccc(Cl)c(Cl)c2)nnc1C1CCCC1. The molecule has 1 saturated carbocycles. The maximum Gasteiger partial charge on any atom is 0.191 e. The molecule has 3 nitrogen and oxygen atoms in total. The Hall–Kier alpha value is -0.710. The molecule has 0 spiro atoms. The van der Waals surface area contributed by atoms with Gasteiger partial charge in [-0.05, 0) is 30.5 Å². The number of aromatic nitrogens is 3. The largest absolute Gasteiger partial charge is 0.309 e. The van der Waals surface area contributed by atoms with Gasteiger partial charge in [0.25, 0.3) is 0 Å². The molecule has 0 unspecified atom stereocenters. The lowest BCUT2D eigenvalue weighted by Crippen LogP contribution is -2.03. The highest BCUT2D eigenvalue weighted by atomic mass is 35.5. The molecule has 6 heteroatoms. The van der Waals surface area contributed by atoms with Gasteiger partial charge in [-0.2, -0.15) is 0 Å². The lowest BCUT2D eigenvalue weighted by Gasteiger charge is -2.09. The van der Waals surface area contributed by atoms with Crippen molar-refractivity contribution in [2.24, 2.45) is 7.05 Å². The van der Waals surface area contributed by atoms with Crippen molar-refractivity contribution < 1.29 is 0 Å². The van der Waals surface area contributed by atoms with Gasteiger partial charge in [0, 0.05) is 18.7 Å². The third kappa shape index (κ3) is 3.38. The molecule has 1 aliphatic carbocycles. The molecule has 0 aliphatic heterocycles. The van der Waals surface area contributed by atoms with Crippen LogP contribution in [0.1, 0.15) is 43.0 Å². The highest BCUT2D eigenvalue weighted by Crippen LogP contribution is 2.34. The number of nitrogens with zero attached hydrogens (tertiary/aromatic N) is 3. The zero-order valence-electron chi connectivity index (χ0n) is 11.9. The van der Waals surface area contributed by atoms with Gasteiger partial charge in [-0.15, -0.1) is 10.2 Å². The summed E-state index contributed by atoms with van der Waals surface area (Å²) in [6.07, 6.45) is 5.10. The molecule has 1 aromatic heterocycles. The van der Waals surface area contributed by atoms with Crippen LogP contribution in [-0.4, -0.2) is 14.8 Å². The Balaban J connectivity index is 1.69. The van der Waals surface area contributed by atoms with E-state index in [2.05, 4.69) is 21.8 Å². The molecule has 1 aromatic carbocycles. The van der Waals surface area contributed by atoms with Gasteiger partial charge in [0.05, 0.1) is 10.0 Å². The van der Waals surface area contributed by atoms with Crippen LogP contribution in [-0.2, 0) is 12.8 Å². The van der Waals surface area contributed by atoms with Crippen molar-refractivity contribution >= 4 is 35.0 Å². The van der Waals surface area contributed by atoms with Gasteiger partial charge in [-0.1, -0.05) is 53.9 Å². The van der Waals surface area contributed by atoms with Crippen LogP contribution >= 0.6 is 35.0 Å². The zero-order chi connectivity index (χ0) is 14.8. The third-order valence-electron chi connectivity index (χ3n) is 3.94. The molecular formula is C15H17Cl2N3S. The number of benzene rings is 1. The first-order valence-electron chi connectivity index (χ1n) is 7.11. The third-order valence-corrected chi connectivity index (χ3v) is 5.77. The van der Waals surface area contributed by atoms with Crippen LogP contribution in [0.5, 0.6) is 0 Å². The van der Waals surface area contributed by atoms with Crippen LogP contribution < -0.4 is 0 Å². The van der Waals surface area contributed by atoms with Gasteiger partial charge >= 0.3 is 0 Å². The molecule has 1 heterocycles. The summed E-state index contributed by atoms with van der Waals surface area (Å²) in [4.78, 5) is 0. The summed E-state index contributed by atoms with van der Waals surface area (Å²) in [5, 5.41) is 10.9. The van der Waals surface area contributed by atoms with E-state index in [0.29, 0.717) is 16.0 Å². The highest BCUT2D eigenvalue weighted by Gasteiger charge is 2.23. The van der Waals surface area contributed by atoms with E-state index in [1.807, 2.05) is 18.2 Å². The summed E-state index contributed by atoms with van der Waals surface area (Å²) in [5.74, 6) is 2.53. The summed E-state index contributed by atoms with van der Waals surface area (Å²) in [6, 6.07) is 5.74. The average molecular weight is 342 g/mol. The Kier molecular flexibility index (Phi) is 4.77. The Bertz CT molecular complexity index is 636. The number of hydrogen-bond acceptors (Lipinski definition) is 3. The summed E-state index contributed by atoms with van der Waals surface area (Å²) < 4.78 is 2.14. The molecule has 1 fully saturated rings. The van der Waals surface area contributed by atoms with Crippen LogP contribution in [0.15, 0.2) is 23.4 Å². The van der Waals surface area contributed by atoms with Crippen molar-refractivity contribution in [1.82, 2.24) is 14.8 Å². The van der Waals surface area contributed by atoms with Crippen molar-refractivity contribution in [1.29, 1.82) is 0 Å². The summed E-state index contributed by atoms with van der Waals surface area (Å²) in [6.45, 7) is 0. The van der Waals surface area contributed by atoms with Gasteiger partial charge in [-0.25, -0.2) is 0 Å². The van der Waals surface area contributed by atoms with Gasteiger partial charge in [0.2, 0.25) is 0 Å². The van der Waals surface area contributed by atoms with E-state index in [9.17, 15) is 0 Å². The molecule has 0 bridgehead atoms. The molecule has 0 radical (unpaired) electrons. The second-order valence-corrected chi connectivity index (χ2v) is 7.18. The van der Waals surface area contributed by atoms with Gasteiger partial charge in [-0.3, -0.25) is 0 Å². The van der Waals surface area contributed by atoms with Gasteiger partial charge in [0.1, 0.15) is 5.82 Å². The molecule has 2 aromatic rings. The normalized spacial score (nSPS) is 15.8. The molecule has 3 rings (SSSR count). The predicted molar refractivity (Wildman–Crippen MR) is 88.2 cm³/mol. The standard InChI is InChI=1S/C15H17Cl2N3S/c1-20-14(11-4-2-3-5-11)18-19-15(20)21-9-10-6-7-12(16)13(17)8-10/h6-8,11H,2-5,9H2,1H3. The fourth-order valence-electron chi connectivity index (χ4n) is 2.77. The minimum Gasteiger partial charge on any atom is -0.309 e. The lowest BCUT2D eigenvalue weighted by molar-refractivity contribution is 0.616. The average Bonchev–Trinajstić information content (AvgIpc) is 3.10. The smallest absolute Gasteiger partial charge is 0.191 e. The summed E-state index contributed by atoms with van der Waals surface area (Å²) >= 11 is 13.7. The topological polar surface area (TPSA) is 30.7 Å². The fourth-order valence-corrected chi connectivity index (χ4v) is 3.95. The number of thioether (sulfide) groups is 1. The van der Waals surface area contributed by atoms with Gasteiger partial charge in [0.15, 0.2) is 5.16 Å². The first kappa shape index (κ1) is 15.2. The quantitative estimate of drug-likeness (QED) is 0.727. The van der Waals surface area contributed by atoms with E-state index in [1.165, 1.54) is 25.7 Å². The lowest BCUT2D eigenvalue weighted by atomic mass is 10.1. The molecule has 0 atom stereocenters. The molecule has 112 valence electrons. The van der Waals surface area contributed by atoms with Crippen molar-refractivity contribution in [2.75, 3.05) is 0 Å². The summed E-state index contributed by atoms with van der Waals surface area (Å²) in [5.41, 5.74) is 1.14. The Labute approximate surface area is 139 Å². The molecule has 21 heavy (non-hydrogen) atoms. The van der Waals surface area contributed by atoms with E-state index >= 15 is 0 Å². The fraction of sp³-hybridized carbons (Fsp3) is 0.467. The molecule has 1 aliphatic rings. The molecule has 0 saturated heterocycles. The Morgan fingerprint density at radius 3 is 2.67 bits per heavy atom. The molecule has 0 N–H and O–H groups in total. The highest BCUT2D eigenvalue weighted by molar-refractivity contribution is 7.98. The van der Waals surface area contributed by atoms with Crippen LogP contribution in [0.3, 0.4) is 0 Å². The minimum absolute atomic E-state index is 0.585. The van der Waals surface area contributed by atoms with E-state index in [-0.39, 0.29) is 0 Å². The van der Waals surface area contributed by atoms with Crippen molar-refractivity contribution in [3.63, 3.8) is 0 Å². The van der Waals surface area contributed by atoms with E-state index in [1.54, 1.807) is 11.8 Å². The molecule has 0 amide bonds. The van der Waals surface area contributed by atoms with Crippen molar-refractivity contribution in [2.45, 2.75) is 42.5 Å². The Morgan fingerprint density at radius 1 is 1.19 bits per heavy atom. The number of rotatable bonds is 4. The van der Waals surface area contributed by atoms with E-state index in [4.69, 9.17) is 23.2 Å². The van der Waals surface area contributed by atoms with Crippen molar-refractivity contribution in [3.05, 3.63) is 39.6 Å². The van der Waals surface area contributed by atoms with Crippen LogP contribution in [0.2, 0.25) is 10.0 Å². The van der Waals surface area contributed by atoms with Crippen LogP contribution in [0.4, 0.5) is 0 Å². The maximum absolute atomic E-state index is 6.04. The minimum atomic E-state index is 0.585. The monoisotopic (exact) mass is 341 g/mol.